The highest BCUT2D eigenvalue weighted by Crippen LogP contribution is 2.29. The van der Waals surface area contributed by atoms with Gasteiger partial charge in [0.15, 0.2) is 5.82 Å². The van der Waals surface area contributed by atoms with Crippen LogP contribution in [0.4, 0.5) is 10.1 Å². The summed E-state index contributed by atoms with van der Waals surface area (Å²) in [4.78, 5) is 0. The molecule has 0 aliphatic carbocycles. The molecule has 21 heavy (non-hydrogen) atoms. The molecule has 0 spiro atoms. The summed E-state index contributed by atoms with van der Waals surface area (Å²) < 4.78 is 13.4. The molecule has 1 N–H and O–H groups in total. The van der Waals surface area contributed by atoms with Gasteiger partial charge in [-0.15, -0.1) is 0 Å². The third-order valence-electron chi connectivity index (χ3n) is 3.47. The van der Waals surface area contributed by atoms with Crippen molar-refractivity contribution in [3.05, 3.63) is 63.4 Å². The van der Waals surface area contributed by atoms with Crippen molar-refractivity contribution in [2.24, 2.45) is 0 Å². The van der Waals surface area contributed by atoms with E-state index in [1.807, 2.05) is 6.92 Å². The van der Waals surface area contributed by atoms with E-state index in [2.05, 4.69) is 43.4 Å². The van der Waals surface area contributed by atoms with Crippen molar-refractivity contribution in [3.63, 3.8) is 0 Å². The van der Waals surface area contributed by atoms with Crippen LogP contribution in [-0.2, 0) is 0 Å². The maximum atomic E-state index is 13.4. The van der Waals surface area contributed by atoms with Crippen LogP contribution in [0.3, 0.4) is 0 Å². The van der Waals surface area contributed by atoms with Crippen molar-refractivity contribution < 1.29 is 4.39 Å². The van der Waals surface area contributed by atoms with E-state index in [4.69, 9.17) is 23.2 Å². The van der Waals surface area contributed by atoms with Crippen molar-refractivity contribution in [3.8, 4) is 0 Å². The zero-order valence-corrected chi connectivity index (χ0v) is 13.8. The maximum absolute atomic E-state index is 13.4. The average molecular weight is 326 g/mol. The molecule has 0 fully saturated rings. The number of hydrogen-bond donors (Lipinski definition) is 1. The molecule has 1 nitrogen and oxygen atoms in total. The number of hydrogen-bond acceptors (Lipinski definition) is 1. The zero-order chi connectivity index (χ0) is 15.6. The summed E-state index contributed by atoms with van der Waals surface area (Å²) in [7, 11) is 0. The van der Waals surface area contributed by atoms with E-state index in [9.17, 15) is 4.39 Å². The van der Waals surface area contributed by atoms with Crippen LogP contribution < -0.4 is 5.32 Å². The van der Waals surface area contributed by atoms with Crippen LogP contribution in [0.15, 0.2) is 36.4 Å². The van der Waals surface area contributed by atoms with Gasteiger partial charge in [0.05, 0.1) is 10.0 Å². The Morgan fingerprint density at radius 2 is 1.38 bits per heavy atom. The number of benzene rings is 2. The first-order valence-electron chi connectivity index (χ1n) is 6.89. The molecular weight excluding hydrogens is 308 g/mol. The third-order valence-corrected chi connectivity index (χ3v) is 4.02. The first kappa shape index (κ1) is 16.1. The predicted octanol–water partition coefficient (Wildman–Crippen LogP) is 6.43. The van der Waals surface area contributed by atoms with Gasteiger partial charge in [0, 0.05) is 11.7 Å². The molecule has 0 saturated carbocycles. The molecule has 0 radical (unpaired) electrons. The second-order valence-electron chi connectivity index (χ2n) is 5.44. The van der Waals surface area contributed by atoms with Crippen molar-refractivity contribution in [2.75, 3.05) is 5.32 Å². The van der Waals surface area contributed by atoms with Gasteiger partial charge in [-0.25, -0.2) is 4.39 Å². The van der Waals surface area contributed by atoms with Crippen LogP contribution in [0.5, 0.6) is 0 Å². The fourth-order valence-corrected chi connectivity index (χ4v) is 2.63. The Kier molecular flexibility index (Phi) is 5.13. The maximum Gasteiger partial charge on any atom is 0.160 e. The second kappa shape index (κ2) is 6.67. The van der Waals surface area contributed by atoms with Crippen LogP contribution in [0.2, 0.25) is 10.0 Å². The van der Waals surface area contributed by atoms with Gasteiger partial charge >= 0.3 is 0 Å². The Morgan fingerprint density at radius 3 is 1.86 bits per heavy atom. The fraction of sp³-hybridized carbons (Fsp3) is 0.294. The zero-order valence-electron chi connectivity index (χ0n) is 12.3. The van der Waals surface area contributed by atoms with E-state index in [1.165, 1.54) is 5.56 Å². The van der Waals surface area contributed by atoms with Gasteiger partial charge in [0.2, 0.25) is 0 Å². The predicted molar refractivity (Wildman–Crippen MR) is 89.0 cm³/mol. The minimum absolute atomic E-state index is 0.0207. The monoisotopic (exact) mass is 325 g/mol. The highest BCUT2D eigenvalue weighted by Gasteiger charge is 2.11. The molecule has 0 amide bonds. The molecule has 0 saturated heterocycles. The van der Waals surface area contributed by atoms with Crippen molar-refractivity contribution in [1.29, 1.82) is 0 Å². The van der Waals surface area contributed by atoms with E-state index in [-0.39, 0.29) is 16.1 Å². The van der Waals surface area contributed by atoms with Gasteiger partial charge in [-0.2, -0.15) is 0 Å². The molecule has 2 aromatic rings. The summed E-state index contributed by atoms with van der Waals surface area (Å²) in [5.41, 5.74) is 3.15. The Hall–Kier alpha value is -1.25. The van der Waals surface area contributed by atoms with Gasteiger partial charge in [-0.1, -0.05) is 61.3 Å². The summed E-state index contributed by atoms with van der Waals surface area (Å²) in [6.07, 6.45) is 0. The van der Waals surface area contributed by atoms with Crippen LogP contribution in [-0.4, -0.2) is 0 Å². The topological polar surface area (TPSA) is 12.0 Å². The lowest BCUT2D eigenvalue weighted by Gasteiger charge is -2.17. The molecule has 4 heteroatoms. The summed E-state index contributed by atoms with van der Waals surface area (Å²) in [6.45, 7) is 6.37. The molecule has 0 aromatic heterocycles. The fourth-order valence-electron chi connectivity index (χ4n) is 2.14. The van der Waals surface area contributed by atoms with E-state index < -0.39 is 5.82 Å². The molecule has 0 bridgehead atoms. The quantitative estimate of drug-likeness (QED) is 0.638. The summed E-state index contributed by atoms with van der Waals surface area (Å²) >= 11 is 11.6. The Bertz CT molecular complexity index is 600. The summed E-state index contributed by atoms with van der Waals surface area (Å²) in [5.74, 6) is -0.0742. The van der Waals surface area contributed by atoms with E-state index in [1.54, 1.807) is 12.1 Å². The normalized spacial score (nSPS) is 12.5. The summed E-state index contributed by atoms with van der Waals surface area (Å²) in [6, 6.07) is 11.6. The largest absolute Gasteiger partial charge is 0.378 e. The van der Waals surface area contributed by atoms with Gasteiger partial charge in [-0.3, -0.25) is 0 Å². The second-order valence-corrected chi connectivity index (χ2v) is 6.26. The van der Waals surface area contributed by atoms with Crippen LogP contribution in [0, 0.1) is 5.82 Å². The molecule has 2 rings (SSSR count). The average Bonchev–Trinajstić information content (AvgIpc) is 2.44. The third kappa shape index (κ3) is 3.90. The van der Waals surface area contributed by atoms with Gasteiger partial charge in [0.25, 0.3) is 0 Å². The number of nitrogens with one attached hydrogen (secondary N) is 1. The van der Waals surface area contributed by atoms with Gasteiger partial charge in [0.1, 0.15) is 0 Å². The lowest BCUT2D eigenvalue weighted by Crippen LogP contribution is -2.07. The first-order valence-corrected chi connectivity index (χ1v) is 7.65. The molecule has 1 unspecified atom stereocenters. The van der Waals surface area contributed by atoms with Crippen LogP contribution >= 0.6 is 23.2 Å². The smallest absolute Gasteiger partial charge is 0.160 e. The summed E-state index contributed by atoms with van der Waals surface area (Å²) in [5, 5.41) is 3.32. The first-order chi connectivity index (χ1) is 9.88. The lowest BCUT2D eigenvalue weighted by atomic mass is 9.99. The lowest BCUT2D eigenvalue weighted by molar-refractivity contribution is 0.628. The van der Waals surface area contributed by atoms with Crippen LogP contribution in [0.25, 0.3) is 0 Å². The highest BCUT2D eigenvalue weighted by molar-refractivity contribution is 6.35. The molecule has 1 atom stereocenters. The van der Waals surface area contributed by atoms with Crippen LogP contribution in [0.1, 0.15) is 43.9 Å². The van der Waals surface area contributed by atoms with Crippen molar-refractivity contribution in [2.45, 2.75) is 32.7 Å². The molecule has 0 aliphatic rings. The Labute approximate surface area is 135 Å². The van der Waals surface area contributed by atoms with Gasteiger partial charge in [-0.05, 0) is 36.1 Å². The van der Waals surface area contributed by atoms with E-state index in [0.717, 1.165) is 5.56 Å². The number of halogens is 3. The van der Waals surface area contributed by atoms with Crippen molar-refractivity contribution >= 4 is 28.9 Å². The minimum Gasteiger partial charge on any atom is -0.378 e. The number of anilines is 1. The molecule has 2 aromatic carbocycles. The Morgan fingerprint density at radius 1 is 0.905 bits per heavy atom. The molecule has 112 valence electrons. The molecule has 0 heterocycles. The minimum atomic E-state index is -0.585. The van der Waals surface area contributed by atoms with E-state index in [0.29, 0.717) is 11.6 Å². The van der Waals surface area contributed by atoms with E-state index >= 15 is 0 Å². The SMILES string of the molecule is CC(C)c1ccc(C(C)Nc2cc(Cl)c(F)c(Cl)c2)cc1. The highest BCUT2D eigenvalue weighted by atomic mass is 35.5. The standard InChI is InChI=1S/C17H18Cl2FN/c1-10(2)12-4-6-13(7-5-12)11(3)21-14-8-15(18)17(20)16(19)9-14/h4-11,21H,1-3H3. The molecule has 0 aliphatic heterocycles. The van der Waals surface area contributed by atoms with Crippen molar-refractivity contribution in [1.82, 2.24) is 0 Å². The van der Waals surface area contributed by atoms with Gasteiger partial charge < -0.3 is 5.32 Å². The molecular formula is C17H18Cl2FN. The number of rotatable bonds is 4. The Balaban J connectivity index is 2.16.